The number of aliphatic hydroxyl groups is 4. The van der Waals surface area contributed by atoms with Crippen LogP contribution >= 0.6 is 0 Å². The standard InChI is InChI=1S/C40H76O9/c1-3-5-7-8-9-10-11-12-13-14-15-16-17-18-19-20-21-22-23-24-25-26-27-28-30-46-32-34(48-36(42)29-6-4-2)33-47-40-39(45)38(44)37(43)35(31-41)49-40/h14-15,34-35,37-41,43-45H,3-13,16-33H2,1-2H3/b15-14-. The number of aliphatic hydroxyl groups excluding tert-OH is 4. The van der Waals surface area contributed by atoms with Crippen LogP contribution in [0.4, 0.5) is 0 Å². The maximum atomic E-state index is 12.2. The van der Waals surface area contributed by atoms with Crippen LogP contribution in [0.2, 0.25) is 0 Å². The molecule has 1 heterocycles. The van der Waals surface area contributed by atoms with Crippen molar-refractivity contribution in [2.75, 3.05) is 26.4 Å². The number of esters is 1. The van der Waals surface area contributed by atoms with Crippen LogP contribution in [0.1, 0.15) is 174 Å². The van der Waals surface area contributed by atoms with Crippen LogP contribution in [0.3, 0.4) is 0 Å². The Kier molecular flexibility index (Phi) is 30.8. The smallest absolute Gasteiger partial charge is 0.306 e. The lowest BCUT2D eigenvalue weighted by molar-refractivity contribution is -0.305. The Hall–Kier alpha value is -1.07. The molecule has 0 amide bonds. The summed E-state index contributed by atoms with van der Waals surface area (Å²) >= 11 is 0. The second kappa shape index (κ2) is 32.8. The van der Waals surface area contributed by atoms with Gasteiger partial charge in [-0.2, -0.15) is 0 Å². The minimum atomic E-state index is -1.53. The van der Waals surface area contributed by atoms with E-state index >= 15 is 0 Å². The summed E-state index contributed by atoms with van der Waals surface area (Å²) in [6, 6.07) is 0. The number of hydrogen-bond acceptors (Lipinski definition) is 9. The van der Waals surface area contributed by atoms with Gasteiger partial charge in [0.1, 0.15) is 30.5 Å². The molecular weight excluding hydrogens is 624 g/mol. The van der Waals surface area contributed by atoms with E-state index in [-0.39, 0.29) is 19.2 Å². The topological polar surface area (TPSA) is 135 Å². The van der Waals surface area contributed by atoms with Crippen LogP contribution in [0, 0.1) is 0 Å². The molecule has 0 aromatic rings. The lowest BCUT2D eigenvalue weighted by atomic mass is 9.99. The zero-order valence-electron chi connectivity index (χ0n) is 31.5. The third-order valence-electron chi connectivity index (χ3n) is 9.43. The van der Waals surface area contributed by atoms with Gasteiger partial charge < -0.3 is 39.4 Å². The van der Waals surface area contributed by atoms with Crippen molar-refractivity contribution in [3.05, 3.63) is 12.2 Å². The molecule has 6 unspecified atom stereocenters. The second-order valence-corrected chi connectivity index (χ2v) is 14.1. The summed E-state index contributed by atoms with van der Waals surface area (Å²) in [4.78, 5) is 12.2. The maximum Gasteiger partial charge on any atom is 0.306 e. The summed E-state index contributed by atoms with van der Waals surface area (Å²) in [6.07, 6.45) is 28.0. The van der Waals surface area contributed by atoms with E-state index in [0.29, 0.717) is 13.0 Å². The molecule has 1 rings (SSSR count). The quantitative estimate of drug-likeness (QED) is 0.0299. The highest BCUT2D eigenvalue weighted by molar-refractivity contribution is 5.69. The minimum Gasteiger partial charge on any atom is -0.457 e. The van der Waals surface area contributed by atoms with Crippen molar-refractivity contribution in [1.29, 1.82) is 0 Å². The minimum absolute atomic E-state index is 0.114. The Labute approximate surface area is 299 Å². The predicted molar refractivity (Wildman–Crippen MR) is 196 cm³/mol. The fourth-order valence-electron chi connectivity index (χ4n) is 6.17. The van der Waals surface area contributed by atoms with Gasteiger partial charge in [-0.1, -0.05) is 142 Å². The van der Waals surface area contributed by atoms with Crippen LogP contribution in [0.15, 0.2) is 12.2 Å². The van der Waals surface area contributed by atoms with Gasteiger partial charge in [0.15, 0.2) is 6.29 Å². The molecule has 4 N–H and O–H groups in total. The van der Waals surface area contributed by atoms with Crippen molar-refractivity contribution in [2.24, 2.45) is 0 Å². The van der Waals surface area contributed by atoms with Crippen LogP contribution in [0.5, 0.6) is 0 Å². The molecule has 9 heteroatoms. The zero-order valence-corrected chi connectivity index (χ0v) is 31.5. The molecule has 49 heavy (non-hydrogen) atoms. The number of rotatable bonds is 34. The zero-order chi connectivity index (χ0) is 35.8. The summed E-state index contributed by atoms with van der Waals surface area (Å²) in [5, 5.41) is 39.6. The van der Waals surface area contributed by atoms with Crippen LogP contribution in [-0.2, 0) is 23.7 Å². The molecule has 0 aromatic carbocycles. The first kappa shape index (κ1) is 46.0. The molecule has 6 atom stereocenters. The second-order valence-electron chi connectivity index (χ2n) is 14.1. The molecule has 0 aliphatic carbocycles. The Bertz CT molecular complexity index is 762. The normalized spacial score (nSPS) is 21.8. The highest BCUT2D eigenvalue weighted by Crippen LogP contribution is 2.22. The largest absolute Gasteiger partial charge is 0.457 e. The molecule has 0 saturated carbocycles. The first-order chi connectivity index (χ1) is 23.9. The van der Waals surface area contributed by atoms with Gasteiger partial charge in [0.25, 0.3) is 0 Å². The monoisotopic (exact) mass is 701 g/mol. The van der Waals surface area contributed by atoms with E-state index in [1.165, 1.54) is 128 Å². The molecule has 9 nitrogen and oxygen atoms in total. The van der Waals surface area contributed by atoms with E-state index in [9.17, 15) is 25.2 Å². The van der Waals surface area contributed by atoms with Gasteiger partial charge in [-0.3, -0.25) is 4.79 Å². The average Bonchev–Trinajstić information content (AvgIpc) is 3.10. The third-order valence-corrected chi connectivity index (χ3v) is 9.43. The molecule has 0 bridgehead atoms. The summed E-state index contributed by atoms with van der Waals surface area (Å²) in [5.74, 6) is -0.347. The third kappa shape index (κ3) is 24.7. The molecule has 1 aliphatic rings. The van der Waals surface area contributed by atoms with E-state index in [0.717, 1.165) is 25.7 Å². The molecule has 0 spiro atoms. The number of carbonyl (C=O) groups excluding carboxylic acids is 1. The van der Waals surface area contributed by atoms with Crippen molar-refractivity contribution in [1.82, 2.24) is 0 Å². The van der Waals surface area contributed by atoms with Crippen LogP contribution in [0.25, 0.3) is 0 Å². The van der Waals surface area contributed by atoms with Gasteiger partial charge >= 0.3 is 5.97 Å². The number of ether oxygens (including phenoxy) is 4. The number of allylic oxidation sites excluding steroid dienone is 2. The van der Waals surface area contributed by atoms with Gasteiger partial charge in [0.05, 0.1) is 19.8 Å². The molecule has 0 aromatic heterocycles. The van der Waals surface area contributed by atoms with Crippen molar-refractivity contribution in [2.45, 2.75) is 211 Å². The molecule has 290 valence electrons. The maximum absolute atomic E-state index is 12.2. The van der Waals surface area contributed by atoms with Gasteiger partial charge in [0, 0.05) is 13.0 Å². The van der Waals surface area contributed by atoms with Gasteiger partial charge in [-0.25, -0.2) is 0 Å². The summed E-state index contributed by atoms with van der Waals surface area (Å²) in [5.41, 5.74) is 0. The fraction of sp³-hybridized carbons (Fsp3) is 0.925. The van der Waals surface area contributed by atoms with Crippen molar-refractivity contribution >= 4 is 5.97 Å². The Balaban J connectivity index is 2.02. The summed E-state index contributed by atoms with van der Waals surface area (Å²) < 4.78 is 22.4. The lowest BCUT2D eigenvalue weighted by Gasteiger charge is -2.39. The van der Waals surface area contributed by atoms with Gasteiger partial charge in [-0.15, -0.1) is 0 Å². The van der Waals surface area contributed by atoms with E-state index < -0.39 is 43.4 Å². The first-order valence-corrected chi connectivity index (χ1v) is 20.3. The van der Waals surface area contributed by atoms with Crippen molar-refractivity contribution < 1.29 is 44.2 Å². The molecule has 0 radical (unpaired) electrons. The highest BCUT2D eigenvalue weighted by Gasteiger charge is 2.44. The lowest BCUT2D eigenvalue weighted by Crippen LogP contribution is -2.59. The van der Waals surface area contributed by atoms with Crippen LogP contribution in [-0.4, -0.2) is 89.6 Å². The molecular formula is C40H76O9. The highest BCUT2D eigenvalue weighted by atomic mass is 16.7. The average molecular weight is 701 g/mol. The van der Waals surface area contributed by atoms with Gasteiger partial charge in [0.2, 0.25) is 0 Å². The molecule has 1 aliphatic heterocycles. The number of unbranched alkanes of at least 4 members (excludes halogenated alkanes) is 21. The predicted octanol–water partition coefficient (Wildman–Crippen LogP) is 8.08. The molecule has 1 saturated heterocycles. The molecule has 1 fully saturated rings. The van der Waals surface area contributed by atoms with Gasteiger partial charge in [-0.05, 0) is 38.5 Å². The SMILES string of the molecule is CCCCCCCCCC/C=C\CCCCCCCCCCCCCCOCC(COC1OC(CO)C(O)C(O)C1O)OC(=O)CCCC. The summed E-state index contributed by atoms with van der Waals surface area (Å²) in [6.45, 7) is 4.32. The first-order valence-electron chi connectivity index (χ1n) is 20.3. The Morgan fingerprint density at radius 3 is 1.63 bits per heavy atom. The van der Waals surface area contributed by atoms with Crippen LogP contribution < -0.4 is 0 Å². The van der Waals surface area contributed by atoms with E-state index in [1.54, 1.807) is 0 Å². The fourth-order valence-corrected chi connectivity index (χ4v) is 6.17. The van der Waals surface area contributed by atoms with Crippen molar-refractivity contribution in [3.8, 4) is 0 Å². The van der Waals surface area contributed by atoms with E-state index in [2.05, 4.69) is 19.1 Å². The Morgan fingerprint density at radius 2 is 1.12 bits per heavy atom. The number of carbonyl (C=O) groups is 1. The van der Waals surface area contributed by atoms with E-state index in [1.807, 2.05) is 6.92 Å². The number of hydrogen-bond donors (Lipinski definition) is 4. The van der Waals surface area contributed by atoms with Crippen molar-refractivity contribution in [3.63, 3.8) is 0 Å². The summed E-state index contributed by atoms with van der Waals surface area (Å²) in [7, 11) is 0. The Morgan fingerprint density at radius 1 is 0.633 bits per heavy atom. The van der Waals surface area contributed by atoms with E-state index in [4.69, 9.17) is 18.9 Å².